The van der Waals surface area contributed by atoms with Crippen molar-refractivity contribution in [2.24, 2.45) is 5.73 Å². The quantitative estimate of drug-likeness (QED) is 0.864. The van der Waals surface area contributed by atoms with E-state index >= 15 is 0 Å². The molecule has 1 fully saturated rings. The van der Waals surface area contributed by atoms with Gasteiger partial charge in [-0.1, -0.05) is 17.7 Å². The van der Waals surface area contributed by atoms with Crippen LogP contribution in [0.5, 0.6) is 0 Å². The van der Waals surface area contributed by atoms with Crippen LogP contribution in [0.4, 0.5) is 5.69 Å². The lowest BCUT2D eigenvalue weighted by atomic mass is 10.1. The second-order valence-electron chi connectivity index (χ2n) is 5.30. The highest BCUT2D eigenvalue weighted by Crippen LogP contribution is 2.25. The van der Waals surface area contributed by atoms with Crippen molar-refractivity contribution in [2.45, 2.75) is 13.0 Å². The van der Waals surface area contributed by atoms with E-state index in [1.54, 1.807) is 12.0 Å². The number of benzene rings is 1. The number of carbonyl (C=O) groups excluding carboxylic acids is 1. The first-order valence-electron chi connectivity index (χ1n) is 7.07. The molecule has 2 N–H and O–H groups in total. The third-order valence-corrected chi connectivity index (χ3v) is 4.00. The fourth-order valence-electron chi connectivity index (χ4n) is 2.58. The zero-order chi connectivity index (χ0) is 15.4. The number of ether oxygens (including phenoxy) is 1. The van der Waals surface area contributed by atoms with Gasteiger partial charge in [0.2, 0.25) is 5.91 Å². The van der Waals surface area contributed by atoms with Gasteiger partial charge in [-0.25, -0.2) is 0 Å². The summed E-state index contributed by atoms with van der Waals surface area (Å²) >= 11 is 6.07. The molecule has 5 nitrogen and oxygen atoms in total. The van der Waals surface area contributed by atoms with Crippen molar-refractivity contribution in [3.8, 4) is 0 Å². The molecule has 0 radical (unpaired) electrons. The van der Waals surface area contributed by atoms with Gasteiger partial charge >= 0.3 is 0 Å². The summed E-state index contributed by atoms with van der Waals surface area (Å²) in [6.07, 6.45) is 0. The van der Waals surface area contributed by atoms with E-state index in [2.05, 4.69) is 11.8 Å². The first-order valence-corrected chi connectivity index (χ1v) is 7.45. The van der Waals surface area contributed by atoms with Crippen LogP contribution in [0.15, 0.2) is 18.2 Å². The summed E-state index contributed by atoms with van der Waals surface area (Å²) in [5, 5.41) is 0.733. The number of halogens is 3. The number of rotatable bonds is 4. The molecule has 1 aliphatic rings. The van der Waals surface area contributed by atoms with E-state index < -0.39 is 6.04 Å². The van der Waals surface area contributed by atoms with Crippen LogP contribution in [0.3, 0.4) is 0 Å². The van der Waals surface area contributed by atoms with E-state index in [1.807, 2.05) is 18.2 Å². The van der Waals surface area contributed by atoms with Gasteiger partial charge in [0, 0.05) is 44.0 Å². The normalized spacial score (nSPS) is 15.5. The third-order valence-electron chi connectivity index (χ3n) is 3.77. The van der Waals surface area contributed by atoms with Crippen molar-refractivity contribution < 1.29 is 9.53 Å². The molecule has 0 aromatic heterocycles. The molecular weight excluding hydrogens is 361 g/mol. The number of hydrogen-bond donors (Lipinski definition) is 1. The van der Waals surface area contributed by atoms with Crippen molar-refractivity contribution >= 4 is 48.0 Å². The Morgan fingerprint density at radius 3 is 2.48 bits per heavy atom. The van der Waals surface area contributed by atoms with E-state index in [9.17, 15) is 4.79 Å². The number of aryl methyl sites for hydroxylation is 1. The smallest absolute Gasteiger partial charge is 0.241 e. The number of amides is 1. The van der Waals surface area contributed by atoms with Crippen molar-refractivity contribution in [3.05, 3.63) is 28.8 Å². The first-order chi connectivity index (χ1) is 10.0. The molecule has 0 saturated carbocycles. The summed E-state index contributed by atoms with van der Waals surface area (Å²) in [6, 6.07) is 5.31. The van der Waals surface area contributed by atoms with Crippen LogP contribution in [-0.2, 0) is 9.53 Å². The fraction of sp³-hybridized carbons (Fsp3) is 0.533. The van der Waals surface area contributed by atoms with E-state index in [1.165, 1.54) is 5.56 Å². The maximum atomic E-state index is 12.1. The zero-order valence-electron chi connectivity index (χ0n) is 13.3. The maximum Gasteiger partial charge on any atom is 0.241 e. The Morgan fingerprint density at radius 2 is 1.91 bits per heavy atom. The number of hydrogen-bond acceptors (Lipinski definition) is 4. The monoisotopic (exact) mass is 383 g/mol. The molecule has 2 rings (SSSR count). The van der Waals surface area contributed by atoms with Gasteiger partial charge in [-0.05, 0) is 24.6 Å². The summed E-state index contributed by atoms with van der Waals surface area (Å²) in [4.78, 5) is 16.2. The summed E-state index contributed by atoms with van der Waals surface area (Å²) in [7, 11) is 1.55. The summed E-state index contributed by atoms with van der Waals surface area (Å²) in [5.74, 6) is -0.0423. The Morgan fingerprint density at radius 1 is 1.30 bits per heavy atom. The number of methoxy groups -OCH3 is 1. The molecule has 1 atom stereocenters. The highest BCUT2D eigenvalue weighted by Gasteiger charge is 2.25. The standard InChI is InChI=1S/C15H22ClN3O2.2ClH/c1-11-3-4-12(16)9-14(11)18-5-7-19(8-6-18)15(20)13(17)10-21-2;;/h3-4,9,13H,5-8,10,17H2,1-2H3;2*1H. The van der Waals surface area contributed by atoms with Crippen LogP contribution >= 0.6 is 36.4 Å². The van der Waals surface area contributed by atoms with Gasteiger partial charge in [0.1, 0.15) is 6.04 Å². The van der Waals surface area contributed by atoms with E-state index in [0.717, 1.165) is 23.8 Å². The lowest BCUT2D eigenvalue weighted by Gasteiger charge is -2.37. The van der Waals surface area contributed by atoms with Gasteiger partial charge < -0.3 is 20.3 Å². The molecule has 0 aliphatic carbocycles. The molecule has 1 unspecified atom stereocenters. The zero-order valence-corrected chi connectivity index (χ0v) is 15.7. The van der Waals surface area contributed by atoms with Gasteiger partial charge in [0.15, 0.2) is 0 Å². The Balaban J connectivity index is 0.00000242. The Bertz CT molecular complexity index is 509. The number of nitrogens with zero attached hydrogens (tertiary/aromatic N) is 2. The number of anilines is 1. The van der Waals surface area contributed by atoms with E-state index in [4.69, 9.17) is 22.1 Å². The van der Waals surface area contributed by atoms with Gasteiger partial charge in [0.25, 0.3) is 0 Å². The molecular formula is C15H24Cl3N3O2. The second kappa shape index (κ2) is 10.2. The minimum Gasteiger partial charge on any atom is -0.383 e. The molecule has 1 aromatic rings. The predicted molar refractivity (Wildman–Crippen MR) is 99.3 cm³/mol. The van der Waals surface area contributed by atoms with Crippen molar-refractivity contribution in [3.63, 3.8) is 0 Å². The predicted octanol–water partition coefficient (Wildman–Crippen LogP) is 2.11. The highest BCUT2D eigenvalue weighted by molar-refractivity contribution is 6.30. The van der Waals surface area contributed by atoms with Crippen LogP contribution in [0, 0.1) is 6.92 Å². The number of nitrogens with two attached hydrogens (primary N) is 1. The number of carbonyl (C=O) groups is 1. The van der Waals surface area contributed by atoms with Crippen LogP contribution in [0.25, 0.3) is 0 Å². The minimum atomic E-state index is -0.575. The highest BCUT2D eigenvalue weighted by atomic mass is 35.5. The Labute approximate surface area is 154 Å². The summed E-state index contributed by atoms with van der Waals surface area (Å²) in [6.45, 7) is 5.23. The SMILES string of the molecule is COCC(N)C(=O)N1CCN(c2cc(Cl)ccc2C)CC1.Cl.Cl. The molecule has 1 amide bonds. The molecule has 8 heteroatoms. The van der Waals surface area contributed by atoms with E-state index in [0.29, 0.717) is 13.1 Å². The molecule has 23 heavy (non-hydrogen) atoms. The van der Waals surface area contributed by atoms with Crippen molar-refractivity contribution in [1.29, 1.82) is 0 Å². The van der Waals surface area contributed by atoms with Crippen LogP contribution < -0.4 is 10.6 Å². The molecule has 132 valence electrons. The average Bonchev–Trinajstić information content (AvgIpc) is 2.49. The minimum absolute atomic E-state index is 0. The van der Waals surface area contributed by atoms with Gasteiger partial charge in [0.05, 0.1) is 6.61 Å². The van der Waals surface area contributed by atoms with E-state index in [-0.39, 0.29) is 37.3 Å². The topological polar surface area (TPSA) is 58.8 Å². The lowest BCUT2D eigenvalue weighted by Crippen LogP contribution is -2.54. The molecule has 1 aliphatic heterocycles. The van der Waals surface area contributed by atoms with Crippen molar-refractivity contribution in [1.82, 2.24) is 4.90 Å². The van der Waals surface area contributed by atoms with Crippen LogP contribution in [-0.4, -0.2) is 56.7 Å². The van der Waals surface area contributed by atoms with Crippen LogP contribution in [0.2, 0.25) is 5.02 Å². The summed E-state index contributed by atoms with van der Waals surface area (Å²) in [5.41, 5.74) is 8.13. The molecule has 1 aromatic carbocycles. The first kappa shape index (κ1) is 22.3. The van der Waals surface area contributed by atoms with Gasteiger partial charge in [-0.15, -0.1) is 24.8 Å². The molecule has 1 saturated heterocycles. The lowest BCUT2D eigenvalue weighted by molar-refractivity contribution is -0.134. The maximum absolute atomic E-state index is 12.1. The molecule has 0 spiro atoms. The van der Waals surface area contributed by atoms with Gasteiger partial charge in [-0.3, -0.25) is 4.79 Å². The fourth-order valence-corrected chi connectivity index (χ4v) is 2.74. The number of piperazine rings is 1. The Kier molecular flexibility index (Phi) is 9.89. The average molecular weight is 385 g/mol. The molecule has 0 bridgehead atoms. The Hall–Kier alpha value is -0.720. The van der Waals surface area contributed by atoms with Gasteiger partial charge in [-0.2, -0.15) is 0 Å². The second-order valence-corrected chi connectivity index (χ2v) is 5.74. The molecule has 1 heterocycles. The summed E-state index contributed by atoms with van der Waals surface area (Å²) < 4.78 is 4.94. The van der Waals surface area contributed by atoms with Crippen LogP contribution in [0.1, 0.15) is 5.56 Å². The van der Waals surface area contributed by atoms with Crippen molar-refractivity contribution in [2.75, 3.05) is 44.8 Å². The third kappa shape index (κ3) is 5.69. The largest absolute Gasteiger partial charge is 0.383 e.